The van der Waals surface area contributed by atoms with Crippen LogP contribution in [0.25, 0.3) is 17.4 Å². The number of hydrogen-bond acceptors (Lipinski definition) is 6. The summed E-state index contributed by atoms with van der Waals surface area (Å²) < 4.78 is 19.5. The van der Waals surface area contributed by atoms with Gasteiger partial charge in [0.15, 0.2) is 0 Å². The van der Waals surface area contributed by atoms with E-state index in [1.54, 1.807) is 30.3 Å². The molecule has 2 aromatic rings. The molecule has 0 aliphatic carbocycles. The van der Waals surface area contributed by atoms with Crippen molar-refractivity contribution in [2.45, 2.75) is 18.9 Å². The van der Waals surface area contributed by atoms with Gasteiger partial charge in [-0.15, -0.1) is 0 Å². The monoisotopic (exact) mass is 435 g/mol. The smallest absolute Gasteiger partial charge is 0.326 e. The molecule has 2 N–H and O–H groups in total. The maximum atomic E-state index is 13.9. The number of halogens is 1. The van der Waals surface area contributed by atoms with Crippen LogP contribution in [-0.4, -0.2) is 43.3 Å². The average molecular weight is 435 g/mol. The normalized spacial score (nSPS) is 16.4. The van der Waals surface area contributed by atoms with Crippen LogP contribution in [0, 0.1) is 5.82 Å². The van der Waals surface area contributed by atoms with E-state index < -0.39 is 36.1 Å². The Balaban J connectivity index is 1.84. The van der Waals surface area contributed by atoms with Crippen molar-refractivity contribution >= 4 is 52.2 Å². The van der Waals surface area contributed by atoms with Gasteiger partial charge in [-0.2, -0.15) is 0 Å². The molecule has 7 nitrogen and oxygen atoms in total. The second-order valence-electron chi connectivity index (χ2n) is 6.02. The van der Waals surface area contributed by atoms with E-state index in [1.165, 1.54) is 12.1 Å². The number of carboxylic acid groups (broad SMARTS) is 2. The topological polar surface area (TPSA) is 108 Å². The molecule has 0 bridgehead atoms. The highest BCUT2D eigenvalue weighted by molar-refractivity contribution is 8.26. The third-order valence-corrected chi connectivity index (χ3v) is 5.42. The molecule has 0 spiro atoms. The van der Waals surface area contributed by atoms with Crippen LogP contribution in [0.4, 0.5) is 4.39 Å². The fourth-order valence-electron chi connectivity index (χ4n) is 2.74. The first-order valence-corrected chi connectivity index (χ1v) is 9.57. The summed E-state index contributed by atoms with van der Waals surface area (Å²) in [6.45, 7) is 0. The lowest BCUT2D eigenvalue weighted by Crippen LogP contribution is -2.44. The Morgan fingerprint density at radius 3 is 2.62 bits per heavy atom. The van der Waals surface area contributed by atoms with Crippen LogP contribution in [0.3, 0.4) is 0 Å². The molecule has 1 atom stereocenters. The zero-order valence-electron chi connectivity index (χ0n) is 14.7. The van der Waals surface area contributed by atoms with Gasteiger partial charge in [0.1, 0.15) is 27.7 Å². The number of amides is 1. The van der Waals surface area contributed by atoms with Crippen molar-refractivity contribution in [2.75, 3.05) is 0 Å². The minimum absolute atomic E-state index is 0.0138. The van der Waals surface area contributed by atoms with Crippen molar-refractivity contribution in [2.24, 2.45) is 0 Å². The molecule has 1 unspecified atom stereocenters. The van der Waals surface area contributed by atoms with E-state index in [0.29, 0.717) is 0 Å². The lowest BCUT2D eigenvalue weighted by atomic mass is 10.1. The Labute approximate surface area is 173 Å². The van der Waals surface area contributed by atoms with Gasteiger partial charge < -0.3 is 14.6 Å². The lowest BCUT2D eigenvalue weighted by Gasteiger charge is -2.22. The number of furan rings is 1. The molecule has 3 rings (SSSR count). The molecule has 1 saturated heterocycles. The number of thiocarbonyl (C=S) groups is 1. The zero-order valence-corrected chi connectivity index (χ0v) is 16.3. The maximum absolute atomic E-state index is 13.9. The number of carbonyl (C=O) groups excluding carboxylic acids is 1. The number of aliphatic carboxylic acids is 2. The van der Waals surface area contributed by atoms with Crippen LogP contribution in [0.5, 0.6) is 0 Å². The summed E-state index contributed by atoms with van der Waals surface area (Å²) in [6, 6.07) is 7.79. The van der Waals surface area contributed by atoms with Crippen LogP contribution in [0.15, 0.2) is 45.7 Å². The van der Waals surface area contributed by atoms with Gasteiger partial charge in [-0.3, -0.25) is 14.5 Å². The molecule has 1 aliphatic heterocycles. The van der Waals surface area contributed by atoms with Gasteiger partial charge in [0, 0.05) is 12.5 Å². The first kappa shape index (κ1) is 20.7. The van der Waals surface area contributed by atoms with Crippen molar-refractivity contribution in [3.05, 3.63) is 52.9 Å². The Hall–Kier alpha value is -2.98. The average Bonchev–Trinajstić information content (AvgIpc) is 3.22. The number of carboxylic acids is 2. The lowest BCUT2D eigenvalue weighted by molar-refractivity contribution is -0.146. The first-order valence-electron chi connectivity index (χ1n) is 8.34. The standard InChI is InChI=1S/C19H14FNO6S2/c20-12-4-2-1-3-11(12)14-7-5-10(27-14)9-15-17(24)21(19(28)29-15)13(18(25)26)6-8-16(22)23/h1-5,7,9,13H,6,8H2,(H,22,23)(H,25,26)/b15-9-. The van der Waals surface area contributed by atoms with E-state index in [9.17, 15) is 23.9 Å². The van der Waals surface area contributed by atoms with E-state index in [-0.39, 0.29) is 32.7 Å². The van der Waals surface area contributed by atoms with Crippen LogP contribution >= 0.6 is 24.0 Å². The van der Waals surface area contributed by atoms with Gasteiger partial charge in [-0.05, 0) is 30.7 Å². The number of rotatable bonds is 7. The van der Waals surface area contributed by atoms with Crippen LogP contribution < -0.4 is 0 Å². The second kappa shape index (κ2) is 8.58. The third-order valence-electron chi connectivity index (χ3n) is 4.09. The summed E-state index contributed by atoms with van der Waals surface area (Å²) in [4.78, 5) is 36.0. The summed E-state index contributed by atoms with van der Waals surface area (Å²) in [6.07, 6.45) is 0.694. The summed E-state index contributed by atoms with van der Waals surface area (Å²) in [7, 11) is 0. The molecule has 1 amide bonds. The predicted molar refractivity (Wildman–Crippen MR) is 107 cm³/mol. The third kappa shape index (κ3) is 4.54. The van der Waals surface area contributed by atoms with Crippen molar-refractivity contribution < 1.29 is 33.4 Å². The molecule has 1 fully saturated rings. The van der Waals surface area contributed by atoms with Gasteiger partial charge in [0.2, 0.25) is 0 Å². The van der Waals surface area contributed by atoms with Crippen LogP contribution in [-0.2, 0) is 14.4 Å². The molecule has 0 radical (unpaired) electrons. The fourth-order valence-corrected chi connectivity index (χ4v) is 4.07. The van der Waals surface area contributed by atoms with E-state index in [1.807, 2.05) is 0 Å². The van der Waals surface area contributed by atoms with E-state index in [0.717, 1.165) is 16.7 Å². The highest BCUT2D eigenvalue weighted by atomic mass is 32.2. The van der Waals surface area contributed by atoms with Crippen molar-refractivity contribution in [1.29, 1.82) is 0 Å². The summed E-state index contributed by atoms with van der Waals surface area (Å²) in [5.74, 6) is -3.09. The molecular formula is C19H14FNO6S2. The Morgan fingerprint density at radius 2 is 1.97 bits per heavy atom. The molecule has 1 aliphatic rings. The van der Waals surface area contributed by atoms with Gasteiger partial charge in [-0.25, -0.2) is 9.18 Å². The summed E-state index contributed by atoms with van der Waals surface area (Å²) in [5, 5.41) is 18.2. The van der Waals surface area contributed by atoms with Gasteiger partial charge in [0.25, 0.3) is 5.91 Å². The summed E-state index contributed by atoms with van der Waals surface area (Å²) in [5.41, 5.74) is 0.263. The fraction of sp³-hybridized carbons (Fsp3) is 0.158. The second-order valence-corrected chi connectivity index (χ2v) is 7.70. The number of benzene rings is 1. The Bertz CT molecular complexity index is 1030. The quantitative estimate of drug-likeness (QED) is 0.502. The number of hydrogen-bond donors (Lipinski definition) is 2. The Morgan fingerprint density at radius 1 is 1.24 bits per heavy atom. The molecular weight excluding hydrogens is 421 g/mol. The minimum Gasteiger partial charge on any atom is -0.481 e. The number of carbonyl (C=O) groups is 3. The summed E-state index contributed by atoms with van der Waals surface area (Å²) >= 11 is 6.01. The van der Waals surface area contributed by atoms with Crippen molar-refractivity contribution in [3.8, 4) is 11.3 Å². The highest BCUT2D eigenvalue weighted by Gasteiger charge is 2.40. The molecule has 2 heterocycles. The molecule has 150 valence electrons. The molecule has 0 saturated carbocycles. The molecule has 29 heavy (non-hydrogen) atoms. The number of nitrogens with zero attached hydrogens (tertiary/aromatic N) is 1. The zero-order chi connectivity index (χ0) is 21.1. The van der Waals surface area contributed by atoms with Gasteiger partial charge in [0.05, 0.1) is 10.5 Å². The van der Waals surface area contributed by atoms with E-state index in [4.69, 9.17) is 21.7 Å². The van der Waals surface area contributed by atoms with Crippen LogP contribution in [0.2, 0.25) is 0 Å². The van der Waals surface area contributed by atoms with E-state index >= 15 is 0 Å². The minimum atomic E-state index is -1.38. The largest absolute Gasteiger partial charge is 0.481 e. The molecule has 1 aromatic heterocycles. The van der Waals surface area contributed by atoms with Crippen molar-refractivity contribution in [3.63, 3.8) is 0 Å². The first-order chi connectivity index (χ1) is 13.8. The number of thioether (sulfide) groups is 1. The van der Waals surface area contributed by atoms with Crippen molar-refractivity contribution in [1.82, 2.24) is 4.90 Å². The Kier molecular flexibility index (Phi) is 6.14. The maximum Gasteiger partial charge on any atom is 0.326 e. The van der Waals surface area contributed by atoms with Crippen LogP contribution in [0.1, 0.15) is 18.6 Å². The SMILES string of the molecule is O=C(O)CCC(C(=O)O)N1C(=O)/C(=C/c2ccc(-c3ccccc3F)o2)SC1=S. The van der Waals surface area contributed by atoms with E-state index in [2.05, 4.69) is 0 Å². The predicted octanol–water partition coefficient (Wildman–Crippen LogP) is 3.60. The molecule has 10 heteroatoms. The van der Waals surface area contributed by atoms with Gasteiger partial charge in [-0.1, -0.05) is 36.1 Å². The highest BCUT2D eigenvalue weighted by Crippen LogP contribution is 2.36. The van der Waals surface area contributed by atoms with Gasteiger partial charge >= 0.3 is 11.9 Å². The molecule has 1 aromatic carbocycles.